The molecule has 1 fully saturated rings. The number of nitrogens with zero attached hydrogens (tertiary/aromatic N) is 5. The Bertz CT molecular complexity index is 1390. The SMILES string of the molecule is [C-]#[N+]c1ccccc1Cn1c(=O)n(Cc2ccccc2OC)c2nc(NC3CC3)ncc21. The van der Waals surface area contributed by atoms with E-state index in [0.29, 0.717) is 41.1 Å². The molecular formula is C24H22N6O2. The lowest BCUT2D eigenvalue weighted by atomic mass is 10.2. The van der Waals surface area contributed by atoms with Gasteiger partial charge in [-0.25, -0.2) is 14.6 Å². The van der Waals surface area contributed by atoms with Gasteiger partial charge in [-0.3, -0.25) is 9.13 Å². The number of rotatable bonds is 7. The van der Waals surface area contributed by atoms with Gasteiger partial charge in [0, 0.05) is 18.2 Å². The van der Waals surface area contributed by atoms with Gasteiger partial charge in [0.2, 0.25) is 5.95 Å². The van der Waals surface area contributed by atoms with E-state index < -0.39 is 0 Å². The number of aromatic nitrogens is 4. The summed E-state index contributed by atoms with van der Waals surface area (Å²) in [6, 6.07) is 15.4. The van der Waals surface area contributed by atoms with Gasteiger partial charge in [0.05, 0.1) is 26.4 Å². The minimum atomic E-state index is -0.205. The third-order valence-electron chi connectivity index (χ3n) is 5.63. The van der Waals surface area contributed by atoms with E-state index in [1.807, 2.05) is 42.5 Å². The standard InChI is InChI=1S/C24H22N6O2/c1-25-19-9-5-3-7-16(19)14-29-20-13-26-23(27-18-11-12-18)28-22(20)30(24(29)31)15-17-8-4-6-10-21(17)32-2/h3-10,13,18H,11-12,14-15H2,2H3,(H,26,27,28). The predicted molar refractivity (Wildman–Crippen MR) is 122 cm³/mol. The van der Waals surface area contributed by atoms with Gasteiger partial charge in [0.25, 0.3) is 0 Å². The first kappa shape index (κ1) is 19.8. The Morgan fingerprint density at radius 3 is 2.56 bits per heavy atom. The van der Waals surface area contributed by atoms with E-state index in [9.17, 15) is 4.79 Å². The van der Waals surface area contributed by atoms with Gasteiger partial charge < -0.3 is 10.1 Å². The summed E-state index contributed by atoms with van der Waals surface area (Å²) in [5.74, 6) is 1.23. The van der Waals surface area contributed by atoms with E-state index >= 15 is 0 Å². The molecule has 2 aromatic heterocycles. The van der Waals surface area contributed by atoms with Crippen molar-refractivity contribution in [1.82, 2.24) is 19.1 Å². The maximum Gasteiger partial charge on any atom is 0.330 e. The molecule has 8 heteroatoms. The van der Waals surface area contributed by atoms with E-state index in [2.05, 4.69) is 15.1 Å². The van der Waals surface area contributed by atoms with Gasteiger partial charge in [0.1, 0.15) is 11.3 Å². The first-order valence-electron chi connectivity index (χ1n) is 10.5. The van der Waals surface area contributed by atoms with Crippen LogP contribution in [0.5, 0.6) is 5.75 Å². The van der Waals surface area contributed by atoms with E-state index in [1.54, 1.807) is 28.5 Å². The summed E-state index contributed by atoms with van der Waals surface area (Å²) in [5, 5.41) is 3.31. The number of hydrogen-bond donors (Lipinski definition) is 1. The van der Waals surface area contributed by atoms with Crippen molar-refractivity contribution < 1.29 is 4.74 Å². The highest BCUT2D eigenvalue weighted by Gasteiger charge is 2.23. The number of para-hydroxylation sites is 2. The fourth-order valence-electron chi connectivity index (χ4n) is 3.80. The Morgan fingerprint density at radius 1 is 1.09 bits per heavy atom. The Labute approximate surface area is 184 Å². The molecule has 5 rings (SSSR count). The van der Waals surface area contributed by atoms with Crippen molar-refractivity contribution in [2.24, 2.45) is 0 Å². The molecule has 0 unspecified atom stereocenters. The van der Waals surface area contributed by atoms with E-state index in [0.717, 1.165) is 24.0 Å². The predicted octanol–water partition coefficient (Wildman–Crippen LogP) is 3.82. The molecule has 160 valence electrons. The van der Waals surface area contributed by atoms with Gasteiger partial charge >= 0.3 is 5.69 Å². The first-order valence-corrected chi connectivity index (χ1v) is 10.5. The summed E-state index contributed by atoms with van der Waals surface area (Å²) in [6.07, 6.45) is 3.89. The molecule has 0 aliphatic heterocycles. The van der Waals surface area contributed by atoms with E-state index in [4.69, 9.17) is 16.3 Å². The number of fused-ring (bicyclic) bond motifs is 1. The summed E-state index contributed by atoms with van der Waals surface area (Å²) in [4.78, 5) is 26.3. The Balaban J connectivity index is 1.64. The van der Waals surface area contributed by atoms with E-state index in [1.165, 1.54) is 0 Å². The molecule has 1 aliphatic rings. The normalized spacial score (nSPS) is 13.1. The molecule has 0 amide bonds. The molecule has 2 heterocycles. The topological polar surface area (TPSA) is 78.3 Å². The number of ether oxygens (including phenoxy) is 1. The quantitative estimate of drug-likeness (QED) is 0.455. The summed E-state index contributed by atoms with van der Waals surface area (Å²) in [6.45, 7) is 8.04. The molecule has 1 N–H and O–H groups in total. The van der Waals surface area contributed by atoms with Crippen molar-refractivity contribution >= 4 is 22.8 Å². The lowest BCUT2D eigenvalue weighted by Gasteiger charge is -2.09. The smallest absolute Gasteiger partial charge is 0.330 e. The summed E-state index contributed by atoms with van der Waals surface area (Å²) >= 11 is 0. The van der Waals surface area contributed by atoms with Crippen LogP contribution in [-0.4, -0.2) is 32.3 Å². The molecule has 8 nitrogen and oxygen atoms in total. The zero-order chi connectivity index (χ0) is 22.1. The maximum atomic E-state index is 13.6. The Morgan fingerprint density at radius 2 is 1.81 bits per heavy atom. The number of hydrogen-bond acceptors (Lipinski definition) is 5. The molecule has 4 aromatic rings. The molecule has 2 aromatic carbocycles. The lowest BCUT2D eigenvalue weighted by Crippen LogP contribution is -2.25. The van der Waals surface area contributed by atoms with Crippen LogP contribution >= 0.6 is 0 Å². The van der Waals surface area contributed by atoms with Crippen LogP contribution in [0.4, 0.5) is 11.6 Å². The summed E-state index contributed by atoms with van der Waals surface area (Å²) in [7, 11) is 1.62. The van der Waals surface area contributed by atoms with Crippen LogP contribution in [-0.2, 0) is 13.1 Å². The second kappa shape index (κ2) is 8.19. The average molecular weight is 426 g/mol. The van der Waals surface area contributed by atoms with Crippen LogP contribution in [0.3, 0.4) is 0 Å². The minimum absolute atomic E-state index is 0.205. The molecule has 32 heavy (non-hydrogen) atoms. The van der Waals surface area contributed by atoms with Crippen molar-refractivity contribution in [2.45, 2.75) is 32.0 Å². The number of nitrogens with one attached hydrogen (secondary N) is 1. The monoisotopic (exact) mass is 426 g/mol. The number of benzene rings is 2. The molecule has 0 bridgehead atoms. The zero-order valence-electron chi connectivity index (χ0n) is 17.7. The third-order valence-corrected chi connectivity index (χ3v) is 5.63. The van der Waals surface area contributed by atoms with Crippen molar-refractivity contribution in [1.29, 1.82) is 0 Å². The molecule has 0 atom stereocenters. The largest absolute Gasteiger partial charge is 0.496 e. The van der Waals surface area contributed by atoms with Crippen molar-refractivity contribution in [2.75, 3.05) is 12.4 Å². The minimum Gasteiger partial charge on any atom is -0.496 e. The lowest BCUT2D eigenvalue weighted by molar-refractivity contribution is 0.408. The molecule has 0 radical (unpaired) electrons. The average Bonchev–Trinajstić information content (AvgIpc) is 3.61. The highest BCUT2D eigenvalue weighted by molar-refractivity contribution is 5.72. The molecule has 1 saturated carbocycles. The highest BCUT2D eigenvalue weighted by Crippen LogP contribution is 2.26. The number of methoxy groups -OCH3 is 1. The van der Waals surface area contributed by atoms with Crippen LogP contribution in [0.2, 0.25) is 0 Å². The second-order valence-corrected chi connectivity index (χ2v) is 7.83. The number of imidazole rings is 1. The fraction of sp³-hybridized carbons (Fsp3) is 0.250. The molecule has 0 spiro atoms. The summed E-state index contributed by atoms with van der Waals surface area (Å²) in [5.41, 5.74) is 3.17. The van der Waals surface area contributed by atoms with Crippen molar-refractivity contribution in [3.63, 3.8) is 0 Å². The second-order valence-electron chi connectivity index (χ2n) is 7.83. The molecule has 0 saturated heterocycles. The van der Waals surface area contributed by atoms with Gasteiger partial charge in [-0.2, -0.15) is 4.98 Å². The highest BCUT2D eigenvalue weighted by atomic mass is 16.5. The molecular weight excluding hydrogens is 404 g/mol. The van der Waals surface area contributed by atoms with Crippen LogP contribution in [0.15, 0.2) is 59.5 Å². The third kappa shape index (κ3) is 3.69. The Hall–Kier alpha value is -4.12. The van der Waals surface area contributed by atoms with Gasteiger partial charge in [-0.15, -0.1) is 0 Å². The summed E-state index contributed by atoms with van der Waals surface area (Å²) < 4.78 is 8.77. The molecule has 1 aliphatic carbocycles. The maximum absolute atomic E-state index is 13.6. The van der Waals surface area contributed by atoms with Crippen LogP contribution < -0.4 is 15.7 Å². The first-order chi connectivity index (χ1) is 15.7. The van der Waals surface area contributed by atoms with Crippen LogP contribution in [0.1, 0.15) is 24.0 Å². The number of anilines is 1. The van der Waals surface area contributed by atoms with Crippen LogP contribution in [0.25, 0.3) is 16.0 Å². The van der Waals surface area contributed by atoms with Gasteiger partial charge in [-0.1, -0.05) is 42.5 Å². The fourth-order valence-corrected chi connectivity index (χ4v) is 3.80. The van der Waals surface area contributed by atoms with Crippen molar-refractivity contribution in [3.8, 4) is 5.75 Å². The Kier molecular flexibility index (Phi) is 5.07. The van der Waals surface area contributed by atoms with Gasteiger partial charge in [-0.05, 0) is 24.5 Å². The van der Waals surface area contributed by atoms with Crippen molar-refractivity contribution in [3.05, 3.63) is 87.8 Å². The zero-order valence-corrected chi connectivity index (χ0v) is 17.7. The van der Waals surface area contributed by atoms with E-state index in [-0.39, 0.29) is 12.2 Å². The van der Waals surface area contributed by atoms with Crippen LogP contribution in [0, 0.1) is 6.57 Å². The van der Waals surface area contributed by atoms with Gasteiger partial charge in [0.15, 0.2) is 11.3 Å².